The van der Waals surface area contributed by atoms with Crippen molar-refractivity contribution in [3.05, 3.63) is 11.1 Å². The van der Waals surface area contributed by atoms with Crippen LogP contribution in [0.2, 0.25) is 0 Å². The summed E-state index contributed by atoms with van der Waals surface area (Å²) >= 11 is 0. The second-order valence-corrected chi connectivity index (χ2v) is 7.67. The number of hydrogen-bond acceptors (Lipinski definition) is 2. The minimum absolute atomic E-state index is 0.336. The number of carbonyl (C=O) groups excluding carboxylic acids is 1. The van der Waals surface area contributed by atoms with E-state index in [9.17, 15) is 4.79 Å². The first kappa shape index (κ1) is 14.0. The number of carbonyl (C=O) groups is 1. The zero-order valence-electron chi connectivity index (χ0n) is 13.4. The number of unbranched alkanes of at least 4 members (excludes halogenated alkanes) is 1. The van der Waals surface area contributed by atoms with Crippen molar-refractivity contribution in [3.8, 4) is 0 Å². The normalized spacial score (nSPS) is 37.4. The summed E-state index contributed by atoms with van der Waals surface area (Å²) in [6, 6.07) is 0. The number of Topliss-reactive ketones (excluding diaryl/α,β-unsaturated/α-hetero) is 1. The Bertz CT molecular complexity index is 484. The predicted molar refractivity (Wildman–Crippen MR) is 83.1 cm³/mol. The maximum atomic E-state index is 12.8. The Morgan fingerprint density at radius 1 is 1.10 bits per heavy atom. The lowest BCUT2D eigenvalue weighted by atomic mass is 9.62. The van der Waals surface area contributed by atoms with Crippen LogP contribution in [0.15, 0.2) is 11.1 Å². The quantitative estimate of drug-likeness (QED) is 0.702. The molecule has 0 aromatic carbocycles. The van der Waals surface area contributed by atoms with Gasteiger partial charge in [0.25, 0.3) is 0 Å². The SMILES string of the molecule is CCCC[C@@]12O[C@@H](CCC1=O)C1(CCCC1)C1=C2CCC1. The van der Waals surface area contributed by atoms with E-state index in [0.717, 1.165) is 38.5 Å². The molecular formula is C19H28O2. The third-order valence-corrected chi connectivity index (χ3v) is 6.73. The van der Waals surface area contributed by atoms with Crippen LogP contribution in [0.4, 0.5) is 0 Å². The van der Waals surface area contributed by atoms with Crippen LogP contribution in [0.1, 0.15) is 84.0 Å². The van der Waals surface area contributed by atoms with E-state index in [4.69, 9.17) is 4.74 Å². The van der Waals surface area contributed by atoms with Crippen LogP contribution < -0.4 is 0 Å². The highest BCUT2D eigenvalue weighted by atomic mass is 16.5. The van der Waals surface area contributed by atoms with Crippen LogP contribution in [0.25, 0.3) is 0 Å². The van der Waals surface area contributed by atoms with Gasteiger partial charge in [0.05, 0.1) is 6.10 Å². The Kier molecular flexibility index (Phi) is 3.29. The number of ketones is 1. The van der Waals surface area contributed by atoms with Crippen molar-refractivity contribution in [2.75, 3.05) is 0 Å². The summed E-state index contributed by atoms with van der Waals surface area (Å²) in [5.41, 5.74) is 3.00. The van der Waals surface area contributed by atoms with Gasteiger partial charge in [-0.15, -0.1) is 0 Å². The standard InChI is InChI=1S/C19H28O2/c1-2-3-13-19-15-8-6-7-14(15)18(11-4-5-12-18)17(21-19)10-9-16(19)20/h17H,2-13H2,1H3/t17-,19-/m0/s1. The first-order chi connectivity index (χ1) is 10.2. The highest BCUT2D eigenvalue weighted by Crippen LogP contribution is 2.62. The first-order valence-corrected chi connectivity index (χ1v) is 9.17. The summed E-state index contributed by atoms with van der Waals surface area (Å²) < 4.78 is 6.67. The molecule has 2 atom stereocenters. The van der Waals surface area contributed by atoms with Crippen molar-refractivity contribution < 1.29 is 9.53 Å². The van der Waals surface area contributed by atoms with Crippen LogP contribution in [0, 0.1) is 5.41 Å². The van der Waals surface area contributed by atoms with E-state index < -0.39 is 5.60 Å². The monoisotopic (exact) mass is 288 g/mol. The van der Waals surface area contributed by atoms with Crippen LogP contribution in [0.3, 0.4) is 0 Å². The lowest BCUT2D eigenvalue weighted by molar-refractivity contribution is -0.179. The smallest absolute Gasteiger partial charge is 0.168 e. The van der Waals surface area contributed by atoms with Crippen molar-refractivity contribution in [3.63, 3.8) is 0 Å². The van der Waals surface area contributed by atoms with Crippen molar-refractivity contribution in [2.24, 2.45) is 5.41 Å². The van der Waals surface area contributed by atoms with E-state index in [1.165, 1.54) is 44.1 Å². The van der Waals surface area contributed by atoms with Crippen molar-refractivity contribution >= 4 is 5.78 Å². The third kappa shape index (κ3) is 1.78. The fourth-order valence-corrected chi connectivity index (χ4v) is 5.80. The van der Waals surface area contributed by atoms with E-state index in [-0.39, 0.29) is 0 Å². The van der Waals surface area contributed by atoms with Gasteiger partial charge in [0.2, 0.25) is 0 Å². The average Bonchev–Trinajstić information content (AvgIpc) is 3.15. The fourth-order valence-electron chi connectivity index (χ4n) is 5.80. The molecule has 0 aromatic rings. The zero-order chi connectivity index (χ0) is 14.5. The molecule has 4 rings (SSSR count). The molecule has 2 nitrogen and oxygen atoms in total. The molecule has 1 saturated carbocycles. The van der Waals surface area contributed by atoms with E-state index in [1.807, 2.05) is 0 Å². The molecule has 1 spiro atoms. The first-order valence-electron chi connectivity index (χ1n) is 9.17. The summed E-state index contributed by atoms with van der Waals surface area (Å²) in [4.78, 5) is 12.8. The molecule has 21 heavy (non-hydrogen) atoms. The minimum atomic E-state index is -0.487. The Hall–Kier alpha value is -0.630. The maximum Gasteiger partial charge on any atom is 0.168 e. The van der Waals surface area contributed by atoms with Crippen molar-refractivity contribution in [1.29, 1.82) is 0 Å². The van der Waals surface area contributed by atoms with Gasteiger partial charge in [0.1, 0.15) is 5.60 Å². The second kappa shape index (κ2) is 4.94. The van der Waals surface area contributed by atoms with Crippen LogP contribution in [-0.4, -0.2) is 17.5 Å². The van der Waals surface area contributed by atoms with Gasteiger partial charge in [0, 0.05) is 11.8 Å². The molecular weight excluding hydrogens is 260 g/mol. The van der Waals surface area contributed by atoms with Gasteiger partial charge in [-0.05, 0) is 50.5 Å². The average molecular weight is 288 g/mol. The molecule has 2 heteroatoms. The summed E-state index contributed by atoms with van der Waals surface area (Å²) in [5, 5.41) is 0. The van der Waals surface area contributed by atoms with Crippen LogP contribution in [-0.2, 0) is 9.53 Å². The molecule has 116 valence electrons. The molecule has 1 saturated heterocycles. The van der Waals surface area contributed by atoms with Crippen LogP contribution >= 0.6 is 0 Å². The molecule has 0 aromatic heterocycles. The summed E-state index contributed by atoms with van der Waals surface area (Å²) in [7, 11) is 0. The van der Waals surface area contributed by atoms with E-state index in [2.05, 4.69) is 6.92 Å². The molecule has 0 amide bonds. The van der Waals surface area contributed by atoms with E-state index >= 15 is 0 Å². The van der Waals surface area contributed by atoms with Crippen molar-refractivity contribution in [2.45, 2.75) is 95.7 Å². The van der Waals surface area contributed by atoms with Gasteiger partial charge in [-0.3, -0.25) is 4.79 Å². The fraction of sp³-hybridized carbons (Fsp3) is 0.842. The maximum absolute atomic E-state index is 12.8. The molecule has 0 unspecified atom stereocenters. The number of hydrogen-bond donors (Lipinski definition) is 0. The predicted octanol–water partition coefficient (Wildman–Crippen LogP) is 4.72. The Morgan fingerprint density at radius 3 is 2.62 bits per heavy atom. The minimum Gasteiger partial charge on any atom is -0.359 e. The molecule has 0 radical (unpaired) electrons. The van der Waals surface area contributed by atoms with Crippen molar-refractivity contribution in [1.82, 2.24) is 0 Å². The Balaban J connectivity index is 1.82. The van der Waals surface area contributed by atoms with Gasteiger partial charge in [0.15, 0.2) is 5.78 Å². The number of ether oxygens (including phenoxy) is 1. The lowest BCUT2D eigenvalue weighted by Crippen LogP contribution is -2.58. The Morgan fingerprint density at radius 2 is 1.86 bits per heavy atom. The summed E-state index contributed by atoms with van der Waals surface area (Å²) in [6.07, 6.45) is 14.2. The molecule has 2 heterocycles. The zero-order valence-corrected chi connectivity index (χ0v) is 13.4. The third-order valence-electron chi connectivity index (χ3n) is 6.73. The Labute approximate surface area is 128 Å². The second-order valence-electron chi connectivity index (χ2n) is 7.67. The van der Waals surface area contributed by atoms with Gasteiger partial charge in [-0.2, -0.15) is 0 Å². The molecule has 2 bridgehead atoms. The number of rotatable bonds is 3. The van der Waals surface area contributed by atoms with Gasteiger partial charge in [-0.25, -0.2) is 0 Å². The van der Waals surface area contributed by atoms with Gasteiger partial charge < -0.3 is 4.74 Å². The molecule has 2 aliphatic heterocycles. The van der Waals surface area contributed by atoms with E-state index in [0.29, 0.717) is 17.3 Å². The molecule has 4 aliphatic rings. The highest BCUT2D eigenvalue weighted by Gasteiger charge is 2.60. The highest BCUT2D eigenvalue weighted by molar-refractivity contribution is 5.92. The van der Waals surface area contributed by atoms with Crippen LogP contribution in [0.5, 0.6) is 0 Å². The molecule has 2 aliphatic carbocycles. The van der Waals surface area contributed by atoms with Gasteiger partial charge >= 0.3 is 0 Å². The lowest BCUT2D eigenvalue weighted by Gasteiger charge is -2.54. The number of fused-ring (bicyclic) bond motifs is 5. The summed E-state index contributed by atoms with van der Waals surface area (Å²) in [6.45, 7) is 2.21. The topological polar surface area (TPSA) is 26.3 Å². The van der Waals surface area contributed by atoms with Gasteiger partial charge in [-0.1, -0.05) is 38.2 Å². The molecule has 2 fully saturated rings. The largest absolute Gasteiger partial charge is 0.359 e. The summed E-state index contributed by atoms with van der Waals surface area (Å²) in [5.74, 6) is 0.398. The van der Waals surface area contributed by atoms with E-state index in [1.54, 1.807) is 5.57 Å². The molecule has 0 N–H and O–H groups in total.